The van der Waals surface area contributed by atoms with Gasteiger partial charge in [0.15, 0.2) is 0 Å². The van der Waals surface area contributed by atoms with Gasteiger partial charge >= 0.3 is 6.09 Å². The van der Waals surface area contributed by atoms with E-state index in [1.807, 2.05) is 81.6 Å². The van der Waals surface area contributed by atoms with Crippen molar-refractivity contribution >= 4 is 29.0 Å². The van der Waals surface area contributed by atoms with Crippen LogP contribution in [0.25, 0.3) is 10.8 Å². The van der Waals surface area contributed by atoms with Gasteiger partial charge in [-0.25, -0.2) is 4.79 Å². The number of fused-ring (bicyclic) bond motifs is 1. The van der Waals surface area contributed by atoms with E-state index in [0.717, 1.165) is 34.9 Å². The number of pyridine rings is 1. The molecule has 2 atom stereocenters. The summed E-state index contributed by atoms with van der Waals surface area (Å²) in [6, 6.07) is 17.7. The Labute approximate surface area is 188 Å². The van der Waals surface area contributed by atoms with Crippen molar-refractivity contribution in [3.8, 4) is 0 Å². The minimum Gasteiger partial charge on any atom is -0.444 e. The molecule has 4 rings (SSSR count). The van der Waals surface area contributed by atoms with Gasteiger partial charge in [-0.1, -0.05) is 36.4 Å². The molecule has 2 heterocycles. The number of amides is 2. The summed E-state index contributed by atoms with van der Waals surface area (Å²) in [6.07, 6.45) is 4.95. The number of likely N-dealkylation sites (tertiary alicyclic amines) is 1. The molecule has 166 valence electrons. The van der Waals surface area contributed by atoms with Crippen molar-refractivity contribution in [1.29, 1.82) is 0 Å². The maximum absolute atomic E-state index is 12.6. The predicted octanol–water partition coefficient (Wildman–Crippen LogP) is 5.20. The molecule has 1 saturated heterocycles. The number of hydrogen-bond donors (Lipinski definition) is 0. The second-order valence-corrected chi connectivity index (χ2v) is 9.25. The van der Waals surface area contributed by atoms with Crippen LogP contribution in [0.4, 0.5) is 10.5 Å². The Kier molecular flexibility index (Phi) is 6.12. The van der Waals surface area contributed by atoms with Crippen molar-refractivity contribution in [3.63, 3.8) is 0 Å². The smallest absolute Gasteiger partial charge is 0.410 e. The van der Waals surface area contributed by atoms with E-state index in [-0.39, 0.29) is 18.1 Å². The number of benzene rings is 2. The van der Waals surface area contributed by atoms with Crippen LogP contribution in [0.15, 0.2) is 67.0 Å². The minimum absolute atomic E-state index is 0.0863. The molecule has 0 aliphatic carbocycles. The van der Waals surface area contributed by atoms with Crippen LogP contribution in [0.5, 0.6) is 0 Å². The monoisotopic (exact) mass is 431 g/mol. The summed E-state index contributed by atoms with van der Waals surface area (Å²) in [7, 11) is 0. The molecule has 0 radical (unpaired) electrons. The summed E-state index contributed by atoms with van der Waals surface area (Å²) in [5.74, 6) is 0.0863. The lowest BCUT2D eigenvalue weighted by Gasteiger charge is -2.34. The highest BCUT2D eigenvalue weighted by atomic mass is 16.6. The molecule has 2 amide bonds. The van der Waals surface area contributed by atoms with E-state index in [4.69, 9.17) is 4.74 Å². The molecule has 1 fully saturated rings. The number of aromatic nitrogens is 1. The molecule has 32 heavy (non-hydrogen) atoms. The first-order valence-electron chi connectivity index (χ1n) is 11.0. The average molecular weight is 432 g/mol. The van der Waals surface area contributed by atoms with Gasteiger partial charge in [0.1, 0.15) is 5.60 Å². The largest absolute Gasteiger partial charge is 0.444 e. The highest BCUT2D eigenvalue weighted by molar-refractivity contribution is 5.88. The fourth-order valence-corrected chi connectivity index (χ4v) is 4.37. The molecular weight excluding hydrogens is 402 g/mol. The molecule has 2 aromatic carbocycles. The van der Waals surface area contributed by atoms with Crippen LogP contribution in [0.1, 0.15) is 38.8 Å². The molecule has 0 N–H and O–H groups in total. The van der Waals surface area contributed by atoms with Crippen molar-refractivity contribution in [3.05, 3.63) is 72.6 Å². The van der Waals surface area contributed by atoms with E-state index >= 15 is 0 Å². The fourth-order valence-electron chi connectivity index (χ4n) is 4.37. The molecule has 3 aromatic rings. The Balaban J connectivity index is 1.66. The summed E-state index contributed by atoms with van der Waals surface area (Å²) < 4.78 is 5.57. The highest BCUT2D eigenvalue weighted by Gasteiger charge is 2.37. The number of carbonyl (C=O) groups is 2. The normalized spacial score (nSPS) is 17.2. The fraction of sp³-hybridized carbons (Fsp3) is 0.346. The third-order valence-electron chi connectivity index (χ3n) is 5.80. The molecule has 1 aliphatic rings. The van der Waals surface area contributed by atoms with Gasteiger partial charge in [-0.15, -0.1) is 0 Å². The first-order chi connectivity index (χ1) is 15.4. The molecule has 0 spiro atoms. The van der Waals surface area contributed by atoms with E-state index in [0.29, 0.717) is 13.1 Å². The van der Waals surface area contributed by atoms with Crippen molar-refractivity contribution in [1.82, 2.24) is 9.88 Å². The Hall–Kier alpha value is -3.41. The Morgan fingerprint density at radius 2 is 1.94 bits per heavy atom. The quantitative estimate of drug-likeness (QED) is 0.521. The van der Waals surface area contributed by atoms with Gasteiger partial charge in [0.05, 0.1) is 6.04 Å². The number of hydrogen-bond acceptors (Lipinski definition) is 4. The van der Waals surface area contributed by atoms with E-state index in [9.17, 15) is 9.59 Å². The molecule has 1 aromatic heterocycles. The second-order valence-electron chi connectivity index (χ2n) is 9.25. The van der Waals surface area contributed by atoms with E-state index in [1.165, 1.54) is 0 Å². The van der Waals surface area contributed by atoms with Crippen molar-refractivity contribution in [2.24, 2.45) is 5.92 Å². The standard InChI is InChI=1S/C26H29N3O3/c1-26(2,3)32-25(31)28-14-12-22(17-28)24(19-7-5-4-6-8-19)29(18-30)23-10-9-21-16-27-13-11-20(21)15-23/h4-11,13,15-16,18,22,24H,12,14,17H2,1-3H3/t22-,24?/m1/s1. The van der Waals surface area contributed by atoms with E-state index < -0.39 is 5.60 Å². The number of carbonyl (C=O) groups excluding carboxylic acids is 2. The Bertz CT molecular complexity index is 1090. The van der Waals surface area contributed by atoms with Crippen LogP contribution in [-0.4, -0.2) is 41.1 Å². The van der Waals surface area contributed by atoms with Crippen molar-refractivity contribution < 1.29 is 14.3 Å². The van der Waals surface area contributed by atoms with Gasteiger partial charge in [0, 0.05) is 42.5 Å². The van der Waals surface area contributed by atoms with E-state index in [1.54, 1.807) is 16.0 Å². The summed E-state index contributed by atoms with van der Waals surface area (Å²) in [6.45, 7) is 6.76. The van der Waals surface area contributed by atoms with Crippen molar-refractivity contribution in [2.45, 2.75) is 38.8 Å². The lowest BCUT2D eigenvalue weighted by atomic mass is 9.90. The molecule has 0 bridgehead atoms. The van der Waals surface area contributed by atoms with Crippen molar-refractivity contribution in [2.75, 3.05) is 18.0 Å². The van der Waals surface area contributed by atoms with Crippen LogP contribution in [0.2, 0.25) is 0 Å². The third-order valence-corrected chi connectivity index (χ3v) is 5.80. The zero-order valence-corrected chi connectivity index (χ0v) is 18.8. The van der Waals surface area contributed by atoms with Crippen LogP contribution in [0.3, 0.4) is 0 Å². The molecule has 1 unspecified atom stereocenters. The number of anilines is 1. The number of ether oxygens (including phenoxy) is 1. The lowest BCUT2D eigenvalue weighted by Crippen LogP contribution is -2.38. The average Bonchev–Trinajstić information content (AvgIpc) is 3.26. The zero-order valence-electron chi connectivity index (χ0n) is 18.8. The number of rotatable bonds is 5. The summed E-state index contributed by atoms with van der Waals surface area (Å²) in [5, 5.41) is 2.05. The van der Waals surface area contributed by atoms with Crippen LogP contribution in [-0.2, 0) is 9.53 Å². The predicted molar refractivity (Wildman–Crippen MR) is 125 cm³/mol. The highest BCUT2D eigenvalue weighted by Crippen LogP contribution is 2.38. The second kappa shape index (κ2) is 8.99. The van der Waals surface area contributed by atoms with Gasteiger partial charge in [0.2, 0.25) is 6.41 Å². The van der Waals surface area contributed by atoms with Crippen LogP contribution < -0.4 is 4.90 Å². The maximum atomic E-state index is 12.6. The van der Waals surface area contributed by atoms with Gasteiger partial charge in [0.25, 0.3) is 0 Å². The summed E-state index contributed by atoms with van der Waals surface area (Å²) >= 11 is 0. The SMILES string of the molecule is CC(C)(C)OC(=O)N1CC[C@@H](C(c2ccccc2)N(C=O)c2ccc3cnccc3c2)C1. The topological polar surface area (TPSA) is 62.7 Å². The third kappa shape index (κ3) is 4.74. The van der Waals surface area contributed by atoms with E-state index in [2.05, 4.69) is 4.98 Å². The Morgan fingerprint density at radius 1 is 1.16 bits per heavy atom. The van der Waals surface area contributed by atoms with Crippen LogP contribution in [0, 0.1) is 5.92 Å². The maximum Gasteiger partial charge on any atom is 0.410 e. The molecule has 6 heteroatoms. The van der Waals surface area contributed by atoms with Gasteiger partial charge in [-0.3, -0.25) is 9.78 Å². The van der Waals surface area contributed by atoms with Gasteiger partial charge in [-0.2, -0.15) is 0 Å². The molecule has 0 saturated carbocycles. The Morgan fingerprint density at radius 3 is 2.66 bits per heavy atom. The summed E-state index contributed by atoms with van der Waals surface area (Å²) in [4.78, 5) is 32.8. The first-order valence-corrected chi connectivity index (χ1v) is 11.0. The molecule has 1 aliphatic heterocycles. The minimum atomic E-state index is -0.539. The summed E-state index contributed by atoms with van der Waals surface area (Å²) in [5.41, 5.74) is 1.33. The number of nitrogens with zero attached hydrogens (tertiary/aromatic N) is 3. The van der Waals surface area contributed by atoms with Gasteiger partial charge in [-0.05, 0) is 56.3 Å². The van der Waals surface area contributed by atoms with Crippen LogP contribution >= 0.6 is 0 Å². The first kappa shape index (κ1) is 21.8. The van der Waals surface area contributed by atoms with Gasteiger partial charge < -0.3 is 14.5 Å². The zero-order chi connectivity index (χ0) is 22.7. The molecule has 6 nitrogen and oxygen atoms in total. The lowest BCUT2D eigenvalue weighted by molar-refractivity contribution is -0.108. The molecular formula is C26H29N3O3.